The number of pyridine rings is 2. The number of aromatic nitrogens is 2. The van der Waals surface area contributed by atoms with Crippen molar-refractivity contribution >= 4 is 10.9 Å². The molecule has 4 nitrogen and oxygen atoms in total. The molecule has 140 valence electrons. The molecule has 0 saturated carbocycles. The average molecular weight is 369 g/mol. The third-order valence-corrected chi connectivity index (χ3v) is 4.62. The Labute approximate surface area is 165 Å². The topological polar surface area (TPSA) is 47.0 Å². The van der Waals surface area contributed by atoms with E-state index in [0.717, 1.165) is 36.2 Å². The highest BCUT2D eigenvalue weighted by Gasteiger charge is 2.02. The van der Waals surface area contributed by atoms with E-state index < -0.39 is 0 Å². The second kappa shape index (κ2) is 9.11. The van der Waals surface area contributed by atoms with E-state index >= 15 is 0 Å². The molecule has 0 unspecified atom stereocenters. The van der Waals surface area contributed by atoms with Crippen molar-refractivity contribution in [3.63, 3.8) is 0 Å². The van der Waals surface area contributed by atoms with Crippen LogP contribution in [0.25, 0.3) is 22.0 Å². The maximum absolute atomic E-state index is 5.94. The lowest BCUT2D eigenvalue weighted by molar-refractivity contribution is 0.311. The van der Waals surface area contributed by atoms with Crippen molar-refractivity contribution < 1.29 is 4.74 Å². The van der Waals surface area contributed by atoms with E-state index in [9.17, 15) is 0 Å². The van der Waals surface area contributed by atoms with Gasteiger partial charge in [-0.2, -0.15) is 0 Å². The van der Waals surface area contributed by atoms with E-state index in [1.54, 1.807) is 6.20 Å². The average Bonchev–Trinajstić information content (AvgIpc) is 2.77. The molecule has 0 radical (unpaired) electrons. The van der Waals surface area contributed by atoms with Gasteiger partial charge in [0.15, 0.2) is 0 Å². The summed E-state index contributed by atoms with van der Waals surface area (Å²) in [6, 6.07) is 22.7. The van der Waals surface area contributed by atoms with Gasteiger partial charge in [-0.05, 0) is 60.0 Å². The molecule has 0 atom stereocenters. The predicted molar refractivity (Wildman–Crippen MR) is 113 cm³/mol. The minimum Gasteiger partial charge on any atom is -0.491 e. The van der Waals surface area contributed by atoms with Crippen LogP contribution in [-0.2, 0) is 6.54 Å². The molecule has 4 heteroatoms. The van der Waals surface area contributed by atoms with Crippen LogP contribution in [0.2, 0.25) is 0 Å². The van der Waals surface area contributed by atoms with Crippen molar-refractivity contribution in [3.05, 3.63) is 90.9 Å². The van der Waals surface area contributed by atoms with Gasteiger partial charge in [0.1, 0.15) is 11.3 Å². The van der Waals surface area contributed by atoms with Crippen LogP contribution in [0.1, 0.15) is 12.0 Å². The second-order valence-corrected chi connectivity index (χ2v) is 6.65. The van der Waals surface area contributed by atoms with Gasteiger partial charge < -0.3 is 10.1 Å². The Bertz CT molecular complexity index is 1030. The second-order valence-electron chi connectivity index (χ2n) is 6.65. The monoisotopic (exact) mass is 369 g/mol. The number of fused-ring (bicyclic) bond motifs is 1. The number of nitrogens with zero attached hydrogens (tertiary/aromatic N) is 2. The van der Waals surface area contributed by atoms with Gasteiger partial charge in [-0.15, -0.1) is 0 Å². The Morgan fingerprint density at radius 2 is 1.68 bits per heavy atom. The first kappa shape index (κ1) is 18.1. The van der Waals surface area contributed by atoms with Crippen LogP contribution in [0.5, 0.6) is 5.75 Å². The lowest BCUT2D eigenvalue weighted by Gasteiger charge is -2.10. The molecule has 0 aliphatic rings. The smallest absolute Gasteiger partial charge is 0.145 e. The first-order chi connectivity index (χ1) is 13.9. The maximum atomic E-state index is 5.94. The number of hydrogen-bond acceptors (Lipinski definition) is 4. The van der Waals surface area contributed by atoms with E-state index in [1.165, 1.54) is 16.7 Å². The molecule has 4 rings (SSSR count). The SMILES string of the molecule is c1cc(CNCCCOc2cccc3cccnc23)cc(-c2ccncc2)c1. The number of nitrogens with one attached hydrogen (secondary N) is 1. The first-order valence-corrected chi connectivity index (χ1v) is 9.57. The first-order valence-electron chi connectivity index (χ1n) is 9.57. The third-order valence-electron chi connectivity index (χ3n) is 4.62. The molecule has 2 aromatic carbocycles. The Morgan fingerprint density at radius 3 is 2.61 bits per heavy atom. The summed E-state index contributed by atoms with van der Waals surface area (Å²) in [5.41, 5.74) is 4.60. The Morgan fingerprint density at radius 1 is 0.821 bits per heavy atom. The summed E-state index contributed by atoms with van der Waals surface area (Å²) < 4.78 is 5.94. The van der Waals surface area contributed by atoms with Gasteiger partial charge in [0.2, 0.25) is 0 Å². The van der Waals surface area contributed by atoms with E-state index in [1.807, 2.05) is 42.7 Å². The highest BCUT2D eigenvalue weighted by Crippen LogP contribution is 2.23. The zero-order valence-corrected chi connectivity index (χ0v) is 15.7. The molecule has 28 heavy (non-hydrogen) atoms. The van der Waals surface area contributed by atoms with E-state index in [2.05, 4.69) is 51.7 Å². The zero-order chi connectivity index (χ0) is 19.0. The largest absolute Gasteiger partial charge is 0.491 e. The van der Waals surface area contributed by atoms with Crippen molar-refractivity contribution in [2.75, 3.05) is 13.2 Å². The highest BCUT2D eigenvalue weighted by atomic mass is 16.5. The summed E-state index contributed by atoms with van der Waals surface area (Å²) in [5.74, 6) is 0.850. The molecule has 4 aromatic rings. The van der Waals surface area contributed by atoms with Crippen LogP contribution in [0.3, 0.4) is 0 Å². The molecular weight excluding hydrogens is 346 g/mol. The van der Waals surface area contributed by atoms with Crippen LogP contribution < -0.4 is 10.1 Å². The number of ether oxygens (including phenoxy) is 1. The summed E-state index contributed by atoms with van der Waals surface area (Å²) in [6.45, 7) is 2.41. The van der Waals surface area contributed by atoms with Crippen molar-refractivity contribution in [2.24, 2.45) is 0 Å². The van der Waals surface area contributed by atoms with Gasteiger partial charge in [-0.1, -0.05) is 36.4 Å². The molecule has 0 amide bonds. The van der Waals surface area contributed by atoms with Gasteiger partial charge in [-0.25, -0.2) is 0 Å². The Hall–Kier alpha value is -3.24. The molecular formula is C24H23N3O. The van der Waals surface area contributed by atoms with Gasteiger partial charge in [0.05, 0.1) is 6.61 Å². The molecule has 2 aromatic heterocycles. The van der Waals surface area contributed by atoms with Crippen LogP contribution in [0, 0.1) is 0 Å². The summed E-state index contributed by atoms with van der Waals surface area (Å²) in [4.78, 5) is 8.51. The Balaban J connectivity index is 1.24. The fourth-order valence-corrected chi connectivity index (χ4v) is 3.21. The molecule has 0 saturated heterocycles. The number of benzene rings is 2. The number of rotatable bonds is 8. The molecule has 0 bridgehead atoms. The number of para-hydroxylation sites is 1. The van der Waals surface area contributed by atoms with Crippen LogP contribution in [0.4, 0.5) is 0 Å². The summed E-state index contributed by atoms with van der Waals surface area (Å²) in [6.07, 6.45) is 6.39. The molecule has 0 aliphatic heterocycles. The molecule has 1 N–H and O–H groups in total. The van der Waals surface area contributed by atoms with Gasteiger partial charge in [0, 0.05) is 30.5 Å². The normalized spacial score (nSPS) is 10.9. The van der Waals surface area contributed by atoms with E-state index in [-0.39, 0.29) is 0 Å². The Kier molecular flexibility index (Phi) is 5.90. The lowest BCUT2D eigenvalue weighted by atomic mass is 10.0. The highest BCUT2D eigenvalue weighted by molar-refractivity contribution is 5.84. The molecule has 0 spiro atoms. The van der Waals surface area contributed by atoms with Crippen LogP contribution in [0.15, 0.2) is 85.3 Å². The fraction of sp³-hybridized carbons (Fsp3) is 0.167. The van der Waals surface area contributed by atoms with Crippen molar-refractivity contribution in [3.8, 4) is 16.9 Å². The van der Waals surface area contributed by atoms with Crippen molar-refractivity contribution in [1.29, 1.82) is 0 Å². The summed E-state index contributed by atoms with van der Waals surface area (Å²) >= 11 is 0. The summed E-state index contributed by atoms with van der Waals surface area (Å²) in [7, 11) is 0. The molecule has 0 aliphatic carbocycles. The molecule has 2 heterocycles. The van der Waals surface area contributed by atoms with Crippen molar-refractivity contribution in [2.45, 2.75) is 13.0 Å². The van der Waals surface area contributed by atoms with Crippen LogP contribution >= 0.6 is 0 Å². The van der Waals surface area contributed by atoms with Gasteiger partial charge in [0.25, 0.3) is 0 Å². The number of hydrogen-bond donors (Lipinski definition) is 1. The van der Waals surface area contributed by atoms with Crippen LogP contribution in [-0.4, -0.2) is 23.1 Å². The summed E-state index contributed by atoms with van der Waals surface area (Å²) in [5, 5.41) is 4.60. The fourth-order valence-electron chi connectivity index (χ4n) is 3.21. The standard InChI is InChI=1S/C24H23N3O/c1-5-19(17-22(7-1)20-10-14-25-15-11-20)18-26-12-4-16-28-23-9-2-6-21-8-3-13-27-24(21)23/h1-3,5-11,13-15,17,26H,4,12,16,18H2. The predicted octanol–water partition coefficient (Wildman–Crippen LogP) is 4.86. The third kappa shape index (κ3) is 4.53. The van der Waals surface area contributed by atoms with E-state index in [0.29, 0.717) is 6.61 Å². The maximum Gasteiger partial charge on any atom is 0.145 e. The van der Waals surface area contributed by atoms with Gasteiger partial charge in [-0.3, -0.25) is 9.97 Å². The minimum atomic E-state index is 0.666. The van der Waals surface area contributed by atoms with Gasteiger partial charge >= 0.3 is 0 Å². The zero-order valence-electron chi connectivity index (χ0n) is 15.7. The van der Waals surface area contributed by atoms with Crippen molar-refractivity contribution in [1.82, 2.24) is 15.3 Å². The quantitative estimate of drug-likeness (QED) is 0.451. The molecule has 0 fully saturated rings. The minimum absolute atomic E-state index is 0.666. The lowest BCUT2D eigenvalue weighted by Crippen LogP contribution is -2.17. The van der Waals surface area contributed by atoms with E-state index in [4.69, 9.17) is 4.74 Å².